The average molecular weight is 315 g/mol. The third kappa shape index (κ3) is 3.35. The Morgan fingerprint density at radius 3 is 2.78 bits per heavy atom. The van der Waals surface area contributed by atoms with Crippen LogP contribution in [-0.2, 0) is 17.6 Å². The first kappa shape index (κ1) is 15.1. The van der Waals surface area contributed by atoms with Crippen LogP contribution >= 0.6 is 0 Å². The minimum absolute atomic E-state index is 0.0395. The monoisotopic (exact) mass is 315 g/mol. The topological polar surface area (TPSA) is 92.0 Å². The van der Waals surface area contributed by atoms with Gasteiger partial charge in [0.1, 0.15) is 12.1 Å². The summed E-state index contributed by atoms with van der Waals surface area (Å²) in [5.74, 6) is -0.667. The number of halogens is 1. The van der Waals surface area contributed by atoms with Crippen LogP contribution < -0.4 is 0 Å². The zero-order valence-corrected chi connectivity index (χ0v) is 12.1. The Balaban J connectivity index is 1.74. The lowest BCUT2D eigenvalue weighted by atomic mass is 9.99. The number of carbonyl (C=O) groups excluding carboxylic acids is 1. The first-order valence-electron chi connectivity index (χ1n) is 6.98. The molecule has 0 fully saturated rings. The predicted molar refractivity (Wildman–Crippen MR) is 78.0 cm³/mol. The highest BCUT2D eigenvalue weighted by atomic mass is 19.1. The van der Waals surface area contributed by atoms with Gasteiger partial charge in [-0.05, 0) is 17.2 Å². The third-order valence-corrected chi connectivity index (χ3v) is 3.53. The smallest absolute Gasteiger partial charge is 0.173 e. The number of Topliss-reactive ketones (excluding diaryl/α,β-unsaturated/α-hetero) is 1. The second kappa shape index (κ2) is 6.53. The summed E-state index contributed by atoms with van der Waals surface area (Å²) in [6.45, 7) is 0. The molecular weight excluding hydrogens is 301 g/mol. The number of hydrogen-bond acceptors (Lipinski definition) is 5. The summed E-state index contributed by atoms with van der Waals surface area (Å²) in [5, 5.41) is 16.0. The standard InChI is InChI=1S/C16H14FN3O3/c17-13-4-2-1-3-10(13)5-11-7-23-8-12(11)6-14(21)15(22)16-18-9-19-20-16/h1-4,7-9,15,22H,5-6H2,(H,18,19,20). The van der Waals surface area contributed by atoms with E-state index in [2.05, 4.69) is 15.2 Å². The number of furan rings is 1. The highest BCUT2D eigenvalue weighted by Gasteiger charge is 2.22. The minimum Gasteiger partial charge on any atom is -0.472 e. The maximum absolute atomic E-state index is 13.7. The number of aromatic nitrogens is 3. The number of nitrogens with zero attached hydrogens (tertiary/aromatic N) is 2. The van der Waals surface area contributed by atoms with E-state index in [-0.39, 0.29) is 18.1 Å². The second-order valence-corrected chi connectivity index (χ2v) is 5.11. The van der Waals surface area contributed by atoms with E-state index in [4.69, 9.17) is 4.42 Å². The summed E-state index contributed by atoms with van der Waals surface area (Å²) in [6, 6.07) is 6.43. The van der Waals surface area contributed by atoms with Crippen molar-refractivity contribution >= 4 is 5.78 Å². The van der Waals surface area contributed by atoms with E-state index < -0.39 is 11.9 Å². The first-order chi connectivity index (χ1) is 11.1. The van der Waals surface area contributed by atoms with Crippen LogP contribution in [-0.4, -0.2) is 26.1 Å². The van der Waals surface area contributed by atoms with Crippen molar-refractivity contribution in [2.45, 2.75) is 18.9 Å². The van der Waals surface area contributed by atoms with Gasteiger partial charge in [0.05, 0.1) is 12.5 Å². The van der Waals surface area contributed by atoms with Crippen molar-refractivity contribution in [2.24, 2.45) is 0 Å². The number of rotatable bonds is 6. The average Bonchev–Trinajstić information content (AvgIpc) is 3.21. The lowest BCUT2D eigenvalue weighted by Crippen LogP contribution is -2.16. The van der Waals surface area contributed by atoms with Gasteiger partial charge in [0, 0.05) is 18.4 Å². The minimum atomic E-state index is -1.38. The van der Waals surface area contributed by atoms with Crippen LogP contribution in [0.5, 0.6) is 0 Å². The van der Waals surface area contributed by atoms with Gasteiger partial charge in [0.15, 0.2) is 17.7 Å². The van der Waals surface area contributed by atoms with Crippen LogP contribution in [0, 0.1) is 5.82 Å². The second-order valence-electron chi connectivity index (χ2n) is 5.11. The van der Waals surface area contributed by atoms with Crippen LogP contribution in [0.25, 0.3) is 0 Å². The normalized spacial score (nSPS) is 12.3. The van der Waals surface area contributed by atoms with Crippen molar-refractivity contribution in [3.8, 4) is 0 Å². The quantitative estimate of drug-likeness (QED) is 0.725. The van der Waals surface area contributed by atoms with E-state index in [1.165, 1.54) is 24.9 Å². The van der Waals surface area contributed by atoms with Crippen molar-refractivity contribution < 1.29 is 18.7 Å². The Morgan fingerprint density at radius 1 is 1.26 bits per heavy atom. The molecule has 0 saturated carbocycles. The van der Waals surface area contributed by atoms with E-state index in [1.54, 1.807) is 18.2 Å². The summed E-state index contributed by atoms with van der Waals surface area (Å²) in [5.41, 5.74) is 1.82. The molecule has 2 aromatic heterocycles. The van der Waals surface area contributed by atoms with Gasteiger partial charge in [-0.2, -0.15) is 5.10 Å². The number of H-pyrrole nitrogens is 1. The van der Waals surface area contributed by atoms with Gasteiger partial charge >= 0.3 is 0 Å². The molecule has 3 rings (SSSR count). The lowest BCUT2D eigenvalue weighted by Gasteiger charge is -2.07. The molecule has 7 heteroatoms. The Labute approximate surface area is 131 Å². The molecule has 0 amide bonds. The van der Waals surface area contributed by atoms with Crippen molar-refractivity contribution in [3.63, 3.8) is 0 Å². The fourth-order valence-corrected chi connectivity index (χ4v) is 2.29. The van der Waals surface area contributed by atoms with Crippen molar-refractivity contribution in [1.29, 1.82) is 0 Å². The highest BCUT2D eigenvalue weighted by Crippen LogP contribution is 2.20. The zero-order valence-electron chi connectivity index (χ0n) is 12.1. The SMILES string of the molecule is O=C(Cc1cocc1Cc1ccccc1F)C(O)c1ncn[nH]1. The summed E-state index contributed by atoms with van der Waals surface area (Å²) >= 11 is 0. The van der Waals surface area contributed by atoms with Gasteiger partial charge in [-0.1, -0.05) is 18.2 Å². The highest BCUT2D eigenvalue weighted by molar-refractivity contribution is 5.85. The molecule has 2 heterocycles. The largest absolute Gasteiger partial charge is 0.472 e. The Kier molecular flexibility index (Phi) is 4.29. The molecule has 6 nitrogen and oxygen atoms in total. The number of carbonyl (C=O) groups is 1. The molecule has 0 aliphatic carbocycles. The lowest BCUT2D eigenvalue weighted by molar-refractivity contribution is -0.127. The van der Waals surface area contributed by atoms with E-state index in [0.717, 1.165) is 0 Å². The van der Waals surface area contributed by atoms with Gasteiger partial charge in [-0.25, -0.2) is 9.37 Å². The molecule has 1 atom stereocenters. The number of aliphatic hydroxyl groups is 1. The van der Waals surface area contributed by atoms with Crippen molar-refractivity contribution in [2.75, 3.05) is 0 Å². The number of benzene rings is 1. The van der Waals surface area contributed by atoms with E-state index in [1.807, 2.05) is 0 Å². The molecule has 23 heavy (non-hydrogen) atoms. The van der Waals surface area contributed by atoms with Crippen LogP contribution in [0.15, 0.2) is 47.5 Å². The van der Waals surface area contributed by atoms with Gasteiger partial charge in [0.25, 0.3) is 0 Å². The molecule has 118 valence electrons. The van der Waals surface area contributed by atoms with Crippen molar-refractivity contribution in [1.82, 2.24) is 15.2 Å². The van der Waals surface area contributed by atoms with Crippen LogP contribution in [0.1, 0.15) is 28.6 Å². The van der Waals surface area contributed by atoms with E-state index in [9.17, 15) is 14.3 Å². The van der Waals surface area contributed by atoms with Crippen LogP contribution in [0.2, 0.25) is 0 Å². The molecule has 2 N–H and O–H groups in total. The number of aliphatic hydroxyl groups excluding tert-OH is 1. The van der Waals surface area contributed by atoms with Gasteiger partial charge in [0.2, 0.25) is 0 Å². The van der Waals surface area contributed by atoms with E-state index in [0.29, 0.717) is 23.1 Å². The molecule has 0 aliphatic heterocycles. The molecule has 1 aromatic carbocycles. The number of aromatic amines is 1. The molecule has 0 bridgehead atoms. The zero-order chi connectivity index (χ0) is 16.2. The van der Waals surface area contributed by atoms with Crippen LogP contribution in [0.4, 0.5) is 4.39 Å². The van der Waals surface area contributed by atoms with E-state index >= 15 is 0 Å². The molecule has 1 unspecified atom stereocenters. The Morgan fingerprint density at radius 2 is 2.04 bits per heavy atom. The molecule has 0 radical (unpaired) electrons. The Bertz CT molecular complexity index is 799. The number of ketones is 1. The maximum Gasteiger partial charge on any atom is 0.173 e. The summed E-state index contributed by atoms with van der Waals surface area (Å²) in [4.78, 5) is 15.9. The van der Waals surface area contributed by atoms with Crippen LogP contribution in [0.3, 0.4) is 0 Å². The molecular formula is C16H14FN3O3. The molecule has 3 aromatic rings. The first-order valence-corrected chi connectivity index (χ1v) is 6.98. The summed E-state index contributed by atoms with van der Waals surface area (Å²) < 4.78 is 18.9. The Hall–Kier alpha value is -2.80. The predicted octanol–water partition coefficient (Wildman–Crippen LogP) is 1.97. The molecule has 0 saturated heterocycles. The van der Waals surface area contributed by atoms with Crippen molar-refractivity contribution in [3.05, 3.63) is 71.5 Å². The van der Waals surface area contributed by atoms with Gasteiger partial charge in [-0.15, -0.1) is 0 Å². The number of nitrogens with one attached hydrogen (secondary N) is 1. The van der Waals surface area contributed by atoms with Gasteiger partial charge < -0.3 is 9.52 Å². The summed E-state index contributed by atoms with van der Waals surface area (Å²) in [7, 11) is 0. The number of hydrogen-bond donors (Lipinski definition) is 2. The fourth-order valence-electron chi connectivity index (χ4n) is 2.29. The van der Waals surface area contributed by atoms with Gasteiger partial charge in [-0.3, -0.25) is 9.89 Å². The third-order valence-electron chi connectivity index (χ3n) is 3.53. The molecule has 0 aliphatic rings. The fraction of sp³-hybridized carbons (Fsp3) is 0.188. The maximum atomic E-state index is 13.7. The summed E-state index contributed by atoms with van der Waals surface area (Å²) in [6.07, 6.45) is 3.02. The molecule has 0 spiro atoms.